The minimum absolute atomic E-state index is 0.0115. The fraction of sp³-hybridized carbons (Fsp3) is 0.857. The van der Waals surface area contributed by atoms with Gasteiger partial charge in [0.25, 0.3) is 0 Å². The summed E-state index contributed by atoms with van der Waals surface area (Å²) in [5, 5.41) is 12.0. The average Bonchev–Trinajstić information content (AvgIpc) is 3.11. The Morgan fingerprint density at radius 1 is 1.47 bits per heavy atom. The van der Waals surface area contributed by atoms with Crippen molar-refractivity contribution in [3.8, 4) is 0 Å². The second-order valence-corrected chi connectivity index (χ2v) is 6.05. The molecule has 1 saturated carbocycles. The lowest BCUT2D eigenvalue weighted by Gasteiger charge is -2.23. The van der Waals surface area contributed by atoms with E-state index in [9.17, 15) is 9.59 Å². The molecule has 2 unspecified atom stereocenters. The summed E-state index contributed by atoms with van der Waals surface area (Å²) in [4.78, 5) is 25.9. The summed E-state index contributed by atoms with van der Waals surface area (Å²) in [6, 6.07) is 0.381. The molecule has 1 aliphatic heterocycles. The smallest absolute Gasteiger partial charge is 0.225 e. The monoisotopic (exact) mass is 268 g/mol. The lowest BCUT2D eigenvalue weighted by molar-refractivity contribution is -0.129. The molecule has 0 aromatic heterocycles. The summed E-state index contributed by atoms with van der Waals surface area (Å²) in [5.41, 5.74) is 0. The van der Waals surface area contributed by atoms with Gasteiger partial charge in [-0.15, -0.1) is 0 Å². The summed E-state index contributed by atoms with van der Waals surface area (Å²) in [6.07, 6.45) is 3.07. The van der Waals surface area contributed by atoms with Crippen LogP contribution in [-0.4, -0.2) is 47.1 Å². The predicted molar refractivity (Wildman–Crippen MR) is 71.3 cm³/mol. The summed E-state index contributed by atoms with van der Waals surface area (Å²) in [6.45, 7) is 4.69. The molecule has 1 saturated heterocycles. The first-order valence-electron chi connectivity index (χ1n) is 7.23. The van der Waals surface area contributed by atoms with Crippen LogP contribution >= 0.6 is 0 Å². The number of carbonyl (C=O) groups excluding carboxylic acids is 2. The maximum absolute atomic E-state index is 12.2. The molecule has 2 fully saturated rings. The lowest BCUT2D eigenvalue weighted by Crippen LogP contribution is -2.43. The van der Waals surface area contributed by atoms with Crippen molar-refractivity contribution in [2.45, 2.75) is 51.6 Å². The molecule has 2 amide bonds. The number of likely N-dealkylation sites (tertiary alicyclic amines) is 1. The van der Waals surface area contributed by atoms with Crippen molar-refractivity contribution in [3.05, 3.63) is 0 Å². The third-order valence-electron chi connectivity index (χ3n) is 4.09. The number of nitrogens with zero attached hydrogens (tertiary/aromatic N) is 1. The van der Waals surface area contributed by atoms with Gasteiger partial charge in [-0.05, 0) is 25.2 Å². The second-order valence-electron chi connectivity index (χ2n) is 6.05. The number of carbonyl (C=O) groups is 2. The van der Waals surface area contributed by atoms with Crippen LogP contribution < -0.4 is 5.32 Å². The van der Waals surface area contributed by atoms with E-state index in [1.165, 1.54) is 0 Å². The number of hydrogen-bond acceptors (Lipinski definition) is 3. The van der Waals surface area contributed by atoms with Crippen molar-refractivity contribution in [2.75, 3.05) is 13.2 Å². The molecule has 2 atom stereocenters. The van der Waals surface area contributed by atoms with Crippen LogP contribution in [0.1, 0.15) is 39.5 Å². The van der Waals surface area contributed by atoms with Gasteiger partial charge in [-0.3, -0.25) is 9.59 Å². The van der Waals surface area contributed by atoms with Gasteiger partial charge in [0.15, 0.2) is 0 Å². The second kappa shape index (κ2) is 5.90. The van der Waals surface area contributed by atoms with Gasteiger partial charge in [0.2, 0.25) is 11.8 Å². The fourth-order valence-corrected chi connectivity index (χ4v) is 2.66. The molecule has 2 aliphatic rings. The zero-order valence-corrected chi connectivity index (χ0v) is 11.8. The third-order valence-corrected chi connectivity index (χ3v) is 4.09. The number of aliphatic hydroxyl groups is 1. The topological polar surface area (TPSA) is 69.6 Å². The van der Waals surface area contributed by atoms with Crippen LogP contribution in [0.4, 0.5) is 0 Å². The lowest BCUT2D eigenvalue weighted by atomic mass is 9.99. The highest BCUT2D eigenvalue weighted by Gasteiger charge is 2.42. The molecule has 2 rings (SSSR count). The van der Waals surface area contributed by atoms with E-state index in [1.54, 1.807) is 0 Å². The van der Waals surface area contributed by atoms with Gasteiger partial charge in [-0.1, -0.05) is 13.8 Å². The highest BCUT2D eigenvalue weighted by molar-refractivity contribution is 5.89. The fourth-order valence-electron chi connectivity index (χ4n) is 2.66. The molecule has 0 spiro atoms. The Kier molecular flexibility index (Phi) is 4.45. The van der Waals surface area contributed by atoms with E-state index < -0.39 is 0 Å². The molecule has 0 radical (unpaired) electrons. The molecule has 0 aromatic carbocycles. The molecule has 1 aliphatic carbocycles. The first kappa shape index (κ1) is 14.3. The van der Waals surface area contributed by atoms with Crippen molar-refractivity contribution in [1.82, 2.24) is 10.2 Å². The minimum atomic E-state index is -0.215. The molecule has 0 bridgehead atoms. The number of rotatable bonds is 6. The van der Waals surface area contributed by atoms with E-state index in [0.717, 1.165) is 12.8 Å². The Morgan fingerprint density at radius 3 is 2.68 bits per heavy atom. The molecule has 2 N–H and O–H groups in total. The number of hydrogen-bond donors (Lipinski definition) is 2. The SMILES string of the molecule is CC(C)C(CCO)NC(=O)C1CC(=O)N(C2CC2)C1. The van der Waals surface area contributed by atoms with Crippen LogP contribution in [0.25, 0.3) is 0 Å². The van der Waals surface area contributed by atoms with Crippen LogP contribution in [0.5, 0.6) is 0 Å². The van der Waals surface area contributed by atoms with Crippen LogP contribution in [0, 0.1) is 11.8 Å². The zero-order chi connectivity index (χ0) is 14.0. The van der Waals surface area contributed by atoms with Crippen molar-refractivity contribution in [1.29, 1.82) is 0 Å². The van der Waals surface area contributed by atoms with Gasteiger partial charge in [0, 0.05) is 31.7 Å². The van der Waals surface area contributed by atoms with Crippen LogP contribution in [-0.2, 0) is 9.59 Å². The molecule has 19 heavy (non-hydrogen) atoms. The van der Waals surface area contributed by atoms with E-state index in [0.29, 0.717) is 25.4 Å². The van der Waals surface area contributed by atoms with E-state index in [1.807, 2.05) is 18.7 Å². The summed E-state index contributed by atoms with van der Waals surface area (Å²) in [7, 11) is 0. The van der Waals surface area contributed by atoms with Gasteiger partial charge in [0.1, 0.15) is 0 Å². The molecular weight excluding hydrogens is 244 g/mol. The minimum Gasteiger partial charge on any atom is -0.396 e. The maximum atomic E-state index is 12.2. The van der Waals surface area contributed by atoms with Gasteiger partial charge >= 0.3 is 0 Å². The van der Waals surface area contributed by atoms with Gasteiger partial charge in [-0.25, -0.2) is 0 Å². The Bertz CT molecular complexity index is 353. The van der Waals surface area contributed by atoms with E-state index in [-0.39, 0.29) is 36.3 Å². The number of nitrogens with one attached hydrogen (secondary N) is 1. The van der Waals surface area contributed by atoms with E-state index >= 15 is 0 Å². The summed E-state index contributed by atoms with van der Waals surface area (Å²) < 4.78 is 0. The van der Waals surface area contributed by atoms with Crippen molar-refractivity contribution >= 4 is 11.8 Å². The van der Waals surface area contributed by atoms with Crippen LogP contribution in [0.15, 0.2) is 0 Å². The normalized spacial score (nSPS) is 24.9. The Labute approximate surface area is 114 Å². The molecule has 5 nitrogen and oxygen atoms in total. The largest absolute Gasteiger partial charge is 0.396 e. The molecule has 0 aromatic rings. The Balaban J connectivity index is 1.87. The first-order chi connectivity index (χ1) is 9.02. The number of amides is 2. The van der Waals surface area contributed by atoms with Crippen LogP contribution in [0.3, 0.4) is 0 Å². The maximum Gasteiger partial charge on any atom is 0.225 e. The predicted octanol–water partition coefficient (Wildman–Crippen LogP) is 0.520. The molecule has 108 valence electrons. The zero-order valence-electron chi connectivity index (χ0n) is 11.8. The molecular formula is C14H24N2O3. The molecule has 5 heteroatoms. The number of aliphatic hydroxyl groups excluding tert-OH is 1. The standard InChI is InChI=1S/C14H24N2O3/c1-9(2)12(5-6-17)15-14(19)10-7-13(18)16(8-10)11-3-4-11/h9-12,17H,3-8H2,1-2H3,(H,15,19). The first-order valence-corrected chi connectivity index (χ1v) is 7.23. The highest BCUT2D eigenvalue weighted by Crippen LogP contribution is 2.32. The van der Waals surface area contributed by atoms with Crippen molar-refractivity contribution in [2.24, 2.45) is 11.8 Å². The van der Waals surface area contributed by atoms with Gasteiger partial charge in [0.05, 0.1) is 5.92 Å². The highest BCUT2D eigenvalue weighted by atomic mass is 16.3. The van der Waals surface area contributed by atoms with Gasteiger partial charge < -0.3 is 15.3 Å². The quantitative estimate of drug-likeness (QED) is 0.738. The van der Waals surface area contributed by atoms with Crippen molar-refractivity contribution in [3.63, 3.8) is 0 Å². The summed E-state index contributed by atoms with van der Waals surface area (Å²) >= 11 is 0. The summed E-state index contributed by atoms with van der Waals surface area (Å²) in [5.74, 6) is 0.148. The third kappa shape index (κ3) is 3.47. The molecule has 1 heterocycles. The van der Waals surface area contributed by atoms with E-state index in [2.05, 4.69) is 5.32 Å². The van der Waals surface area contributed by atoms with Crippen LogP contribution in [0.2, 0.25) is 0 Å². The Hall–Kier alpha value is -1.10. The average molecular weight is 268 g/mol. The van der Waals surface area contributed by atoms with E-state index in [4.69, 9.17) is 5.11 Å². The van der Waals surface area contributed by atoms with Gasteiger partial charge in [-0.2, -0.15) is 0 Å². The van der Waals surface area contributed by atoms with Crippen molar-refractivity contribution < 1.29 is 14.7 Å². The Morgan fingerprint density at radius 2 is 2.16 bits per heavy atom.